The van der Waals surface area contributed by atoms with E-state index in [0.29, 0.717) is 21.6 Å². The maximum absolute atomic E-state index is 13.1. The maximum atomic E-state index is 13.1. The minimum Gasteiger partial charge on any atom is -0.314 e. The highest BCUT2D eigenvalue weighted by molar-refractivity contribution is 7.22. The molecule has 4 nitrogen and oxygen atoms in total. The molecular formula is C13H10ClFN4S. The van der Waals surface area contributed by atoms with Gasteiger partial charge in [-0.1, -0.05) is 22.9 Å². The van der Waals surface area contributed by atoms with E-state index in [9.17, 15) is 4.39 Å². The topological polar surface area (TPSA) is 50.7 Å². The van der Waals surface area contributed by atoms with Crippen LogP contribution in [0.25, 0.3) is 10.2 Å². The molecule has 0 fully saturated rings. The van der Waals surface area contributed by atoms with Gasteiger partial charge in [-0.3, -0.25) is 0 Å². The lowest BCUT2D eigenvalue weighted by molar-refractivity contribution is 0.629. The first-order valence-electron chi connectivity index (χ1n) is 5.87. The molecule has 1 aromatic carbocycles. The van der Waals surface area contributed by atoms with Gasteiger partial charge >= 0.3 is 0 Å². The Morgan fingerprint density at radius 3 is 2.80 bits per heavy atom. The molecule has 0 saturated heterocycles. The summed E-state index contributed by atoms with van der Waals surface area (Å²) in [6, 6.07) is 4.53. The summed E-state index contributed by atoms with van der Waals surface area (Å²) < 4.78 is 14.0. The molecule has 0 spiro atoms. The number of aromatic nitrogens is 3. The normalized spacial score (nSPS) is 11.0. The molecule has 3 rings (SSSR count). The Morgan fingerprint density at radius 2 is 2.00 bits per heavy atom. The molecule has 3 aromatic rings. The molecule has 7 heteroatoms. The second-order valence-corrected chi connectivity index (χ2v) is 5.73. The van der Waals surface area contributed by atoms with Crippen molar-refractivity contribution in [3.05, 3.63) is 40.3 Å². The average molecular weight is 309 g/mol. The number of hydrogen-bond acceptors (Lipinski definition) is 5. The third-order valence-electron chi connectivity index (χ3n) is 3.04. The first kappa shape index (κ1) is 13.2. The summed E-state index contributed by atoms with van der Waals surface area (Å²) in [6.45, 7) is 3.79. The van der Waals surface area contributed by atoms with Crippen LogP contribution in [0.4, 0.5) is 15.3 Å². The number of rotatable bonds is 2. The van der Waals surface area contributed by atoms with Crippen molar-refractivity contribution < 1.29 is 4.39 Å². The molecule has 2 heterocycles. The van der Waals surface area contributed by atoms with Crippen molar-refractivity contribution in [2.75, 3.05) is 5.32 Å². The number of halogens is 2. The largest absolute Gasteiger partial charge is 0.314 e. The van der Waals surface area contributed by atoms with Crippen molar-refractivity contribution in [3.8, 4) is 0 Å². The Labute approximate surface area is 123 Å². The SMILES string of the molecule is Cc1c(Cl)nnc(Nc2nc3cc(F)ccc3s2)c1C. The summed E-state index contributed by atoms with van der Waals surface area (Å²) in [6.07, 6.45) is 0. The Balaban J connectivity index is 1.99. The molecule has 0 aliphatic rings. The van der Waals surface area contributed by atoms with Crippen LogP contribution in [-0.4, -0.2) is 15.2 Å². The minimum absolute atomic E-state index is 0.298. The van der Waals surface area contributed by atoms with Crippen molar-refractivity contribution in [2.45, 2.75) is 13.8 Å². The molecule has 0 aliphatic carbocycles. The lowest BCUT2D eigenvalue weighted by atomic mass is 10.2. The minimum atomic E-state index is -0.298. The zero-order chi connectivity index (χ0) is 14.3. The summed E-state index contributed by atoms with van der Waals surface area (Å²) in [7, 11) is 0. The standard InChI is InChI=1S/C13H10ClFN4S/c1-6-7(2)12(19-18-11(6)14)17-13-16-9-5-8(15)3-4-10(9)20-13/h3-5H,1-2H3,(H,16,17,19). The predicted octanol–water partition coefficient (Wildman–Crippen LogP) is 4.24. The molecule has 20 heavy (non-hydrogen) atoms. The third kappa shape index (κ3) is 2.32. The molecule has 0 bridgehead atoms. The van der Waals surface area contributed by atoms with Crippen LogP contribution in [0.3, 0.4) is 0 Å². The van der Waals surface area contributed by atoms with E-state index in [-0.39, 0.29) is 5.82 Å². The zero-order valence-corrected chi connectivity index (χ0v) is 12.3. The van der Waals surface area contributed by atoms with Crippen LogP contribution in [0.5, 0.6) is 0 Å². The first-order chi connectivity index (χ1) is 9.54. The van der Waals surface area contributed by atoms with Crippen LogP contribution < -0.4 is 5.32 Å². The van der Waals surface area contributed by atoms with E-state index in [0.717, 1.165) is 15.8 Å². The zero-order valence-electron chi connectivity index (χ0n) is 10.7. The number of benzene rings is 1. The van der Waals surface area contributed by atoms with Crippen molar-refractivity contribution in [1.82, 2.24) is 15.2 Å². The number of nitrogens with one attached hydrogen (secondary N) is 1. The molecule has 0 atom stereocenters. The molecule has 0 aliphatic heterocycles. The summed E-state index contributed by atoms with van der Waals surface area (Å²) in [5.41, 5.74) is 2.40. The van der Waals surface area contributed by atoms with E-state index in [4.69, 9.17) is 11.6 Å². The Hall–Kier alpha value is -1.79. The van der Waals surface area contributed by atoms with Gasteiger partial charge in [0.15, 0.2) is 16.1 Å². The summed E-state index contributed by atoms with van der Waals surface area (Å²) in [5, 5.41) is 12.0. The summed E-state index contributed by atoms with van der Waals surface area (Å²) >= 11 is 7.34. The van der Waals surface area contributed by atoms with E-state index in [1.165, 1.54) is 23.5 Å². The fraction of sp³-hybridized carbons (Fsp3) is 0.154. The van der Waals surface area contributed by atoms with E-state index in [1.807, 2.05) is 13.8 Å². The molecule has 2 aromatic heterocycles. The van der Waals surface area contributed by atoms with Crippen molar-refractivity contribution in [1.29, 1.82) is 0 Å². The summed E-state index contributed by atoms with van der Waals surface area (Å²) in [4.78, 5) is 4.33. The highest BCUT2D eigenvalue weighted by atomic mass is 35.5. The van der Waals surface area contributed by atoms with Crippen LogP contribution >= 0.6 is 22.9 Å². The highest BCUT2D eigenvalue weighted by Crippen LogP contribution is 2.30. The lowest BCUT2D eigenvalue weighted by Gasteiger charge is -2.07. The van der Waals surface area contributed by atoms with Crippen molar-refractivity contribution in [2.24, 2.45) is 0 Å². The van der Waals surface area contributed by atoms with Crippen LogP contribution in [0.1, 0.15) is 11.1 Å². The summed E-state index contributed by atoms with van der Waals surface area (Å²) in [5.74, 6) is 0.305. The fourth-order valence-corrected chi connectivity index (χ4v) is 2.78. The Bertz CT molecular complexity index is 802. The molecule has 0 unspecified atom stereocenters. The molecule has 0 radical (unpaired) electrons. The number of anilines is 2. The van der Waals surface area contributed by atoms with E-state index < -0.39 is 0 Å². The maximum Gasteiger partial charge on any atom is 0.189 e. The second-order valence-electron chi connectivity index (χ2n) is 4.35. The first-order valence-corrected chi connectivity index (χ1v) is 7.06. The number of fused-ring (bicyclic) bond motifs is 1. The van der Waals surface area contributed by atoms with Gasteiger partial charge in [0.05, 0.1) is 10.2 Å². The smallest absolute Gasteiger partial charge is 0.189 e. The number of thiazole rings is 1. The molecule has 0 amide bonds. The van der Waals surface area contributed by atoms with E-state index >= 15 is 0 Å². The monoisotopic (exact) mass is 308 g/mol. The van der Waals surface area contributed by atoms with Crippen LogP contribution in [0, 0.1) is 19.7 Å². The van der Waals surface area contributed by atoms with Gasteiger partial charge in [-0.05, 0) is 37.1 Å². The molecule has 1 N–H and O–H groups in total. The third-order valence-corrected chi connectivity index (χ3v) is 4.35. The average Bonchev–Trinajstić information content (AvgIpc) is 2.81. The number of hydrogen-bond donors (Lipinski definition) is 1. The number of nitrogens with zero attached hydrogens (tertiary/aromatic N) is 3. The van der Waals surface area contributed by atoms with E-state index in [2.05, 4.69) is 20.5 Å². The predicted molar refractivity (Wildman–Crippen MR) is 79.4 cm³/mol. The highest BCUT2D eigenvalue weighted by Gasteiger charge is 2.11. The van der Waals surface area contributed by atoms with Gasteiger partial charge in [0.1, 0.15) is 5.82 Å². The Kier molecular flexibility index (Phi) is 3.27. The molecule has 0 saturated carbocycles. The van der Waals surface area contributed by atoms with Crippen LogP contribution in [0.2, 0.25) is 5.15 Å². The molecular weight excluding hydrogens is 299 g/mol. The van der Waals surface area contributed by atoms with Crippen molar-refractivity contribution >= 4 is 44.1 Å². The van der Waals surface area contributed by atoms with E-state index in [1.54, 1.807) is 6.07 Å². The van der Waals surface area contributed by atoms with Gasteiger partial charge in [0, 0.05) is 6.07 Å². The lowest BCUT2D eigenvalue weighted by Crippen LogP contribution is -2.00. The second kappa shape index (κ2) is 4.96. The van der Waals surface area contributed by atoms with Crippen LogP contribution in [0.15, 0.2) is 18.2 Å². The molecule has 102 valence electrons. The van der Waals surface area contributed by atoms with Gasteiger partial charge in [0.2, 0.25) is 0 Å². The quantitative estimate of drug-likeness (QED) is 0.769. The van der Waals surface area contributed by atoms with Crippen LogP contribution in [-0.2, 0) is 0 Å². The van der Waals surface area contributed by atoms with Gasteiger partial charge in [-0.25, -0.2) is 9.37 Å². The van der Waals surface area contributed by atoms with Gasteiger partial charge in [-0.15, -0.1) is 10.2 Å². The van der Waals surface area contributed by atoms with Gasteiger partial charge in [0.25, 0.3) is 0 Å². The van der Waals surface area contributed by atoms with Crippen molar-refractivity contribution in [3.63, 3.8) is 0 Å². The van der Waals surface area contributed by atoms with Gasteiger partial charge in [-0.2, -0.15) is 0 Å². The van der Waals surface area contributed by atoms with Gasteiger partial charge < -0.3 is 5.32 Å². The Morgan fingerprint density at radius 1 is 1.20 bits per heavy atom. The fourth-order valence-electron chi connectivity index (χ4n) is 1.75.